The van der Waals surface area contributed by atoms with Crippen LogP contribution in [0.4, 0.5) is 18.9 Å². The van der Waals surface area contributed by atoms with Crippen LogP contribution in [0, 0.1) is 17.0 Å². The Bertz CT molecular complexity index is 1510. The zero-order valence-electron chi connectivity index (χ0n) is 17.8. The Morgan fingerprint density at radius 2 is 1.71 bits per heavy atom. The highest BCUT2D eigenvalue weighted by atomic mass is 19.4. The van der Waals surface area contributed by atoms with Gasteiger partial charge in [-0.3, -0.25) is 14.9 Å². The first-order valence-corrected chi connectivity index (χ1v) is 9.92. The average molecular weight is 485 g/mol. The summed E-state index contributed by atoms with van der Waals surface area (Å²) in [6, 6.07) is 14.0. The Balaban J connectivity index is 1.71. The van der Waals surface area contributed by atoms with E-state index in [0.717, 1.165) is 36.4 Å². The molecule has 0 saturated carbocycles. The van der Waals surface area contributed by atoms with E-state index < -0.39 is 39.6 Å². The van der Waals surface area contributed by atoms with Gasteiger partial charge in [0.15, 0.2) is 0 Å². The summed E-state index contributed by atoms with van der Waals surface area (Å²) in [5.74, 6) is -3.76. The van der Waals surface area contributed by atoms with E-state index in [-0.39, 0.29) is 28.1 Å². The fourth-order valence-corrected chi connectivity index (χ4v) is 3.18. The van der Waals surface area contributed by atoms with Crippen molar-refractivity contribution in [2.45, 2.75) is 13.1 Å². The number of hydrogen-bond donors (Lipinski definition) is 0. The fraction of sp³-hybridized carbons (Fsp3) is 0.0833. The van der Waals surface area contributed by atoms with Gasteiger partial charge < -0.3 is 13.9 Å². The van der Waals surface area contributed by atoms with Crippen molar-refractivity contribution in [3.8, 4) is 17.2 Å². The van der Waals surface area contributed by atoms with Crippen LogP contribution >= 0.6 is 0 Å². The Morgan fingerprint density at radius 3 is 2.34 bits per heavy atom. The molecule has 178 valence electrons. The number of carbonyl (C=O) groups is 1. The van der Waals surface area contributed by atoms with Crippen molar-refractivity contribution in [3.63, 3.8) is 0 Å². The largest absolute Gasteiger partial charge is 0.453 e. The molecule has 0 atom stereocenters. The molecule has 0 bridgehead atoms. The van der Waals surface area contributed by atoms with Gasteiger partial charge in [0.25, 0.3) is 11.4 Å². The molecule has 1 aromatic heterocycles. The molecule has 0 N–H and O–H groups in total. The van der Waals surface area contributed by atoms with Crippen LogP contribution in [0.1, 0.15) is 21.7 Å². The summed E-state index contributed by atoms with van der Waals surface area (Å²) in [5.41, 5.74) is -1.10. The monoisotopic (exact) mass is 485 g/mol. The second-order valence-corrected chi connectivity index (χ2v) is 7.36. The fourth-order valence-electron chi connectivity index (χ4n) is 3.18. The minimum atomic E-state index is -5.06. The summed E-state index contributed by atoms with van der Waals surface area (Å²) in [7, 11) is 0. The van der Waals surface area contributed by atoms with Crippen molar-refractivity contribution >= 4 is 22.6 Å². The van der Waals surface area contributed by atoms with Gasteiger partial charge in [-0.1, -0.05) is 12.1 Å². The van der Waals surface area contributed by atoms with Gasteiger partial charge in [-0.05, 0) is 48.9 Å². The van der Waals surface area contributed by atoms with E-state index >= 15 is 0 Å². The number of nitro benzene ring substituents is 1. The molecule has 35 heavy (non-hydrogen) atoms. The van der Waals surface area contributed by atoms with Gasteiger partial charge in [0, 0.05) is 18.2 Å². The first-order chi connectivity index (χ1) is 16.5. The van der Waals surface area contributed by atoms with Crippen LogP contribution in [-0.4, -0.2) is 10.9 Å². The number of hydrogen-bond acceptors (Lipinski definition) is 7. The van der Waals surface area contributed by atoms with Gasteiger partial charge in [-0.25, -0.2) is 4.79 Å². The molecule has 0 aliphatic heterocycles. The van der Waals surface area contributed by atoms with Gasteiger partial charge in [-0.15, -0.1) is 0 Å². The minimum Gasteiger partial charge on any atom is -0.449 e. The van der Waals surface area contributed by atoms with Crippen molar-refractivity contribution in [3.05, 3.63) is 104 Å². The number of carbonyl (C=O) groups excluding carboxylic acids is 1. The summed E-state index contributed by atoms with van der Waals surface area (Å²) < 4.78 is 56.5. The number of non-ortho nitro benzene ring substituents is 1. The van der Waals surface area contributed by atoms with Gasteiger partial charge in [-0.2, -0.15) is 13.2 Å². The number of nitro groups is 1. The van der Waals surface area contributed by atoms with E-state index in [1.165, 1.54) is 18.2 Å². The van der Waals surface area contributed by atoms with Crippen LogP contribution in [0.5, 0.6) is 17.2 Å². The Hall–Kier alpha value is -4.67. The Labute approximate surface area is 194 Å². The van der Waals surface area contributed by atoms with Crippen LogP contribution in [0.2, 0.25) is 0 Å². The van der Waals surface area contributed by atoms with Crippen LogP contribution in [0.3, 0.4) is 0 Å². The molecule has 4 aromatic rings. The Kier molecular flexibility index (Phi) is 6.00. The summed E-state index contributed by atoms with van der Waals surface area (Å²) >= 11 is 0. The average Bonchev–Trinajstić information content (AvgIpc) is 2.80. The first-order valence-electron chi connectivity index (χ1n) is 9.92. The lowest BCUT2D eigenvalue weighted by Gasteiger charge is -2.14. The highest BCUT2D eigenvalue weighted by Gasteiger charge is 2.40. The summed E-state index contributed by atoms with van der Waals surface area (Å²) in [6.45, 7) is 1.71. The van der Waals surface area contributed by atoms with Gasteiger partial charge in [0.2, 0.25) is 11.2 Å². The van der Waals surface area contributed by atoms with Crippen LogP contribution in [0.25, 0.3) is 11.0 Å². The predicted molar refractivity (Wildman–Crippen MR) is 117 cm³/mol. The number of aryl methyl sites for hydroxylation is 1. The second-order valence-electron chi connectivity index (χ2n) is 7.36. The van der Waals surface area contributed by atoms with E-state index in [1.807, 2.05) is 0 Å². The first kappa shape index (κ1) is 23.5. The van der Waals surface area contributed by atoms with E-state index in [4.69, 9.17) is 13.9 Å². The third-order valence-electron chi connectivity index (χ3n) is 4.81. The number of esters is 1. The second kappa shape index (κ2) is 8.93. The van der Waals surface area contributed by atoms with E-state index in [0.29, 0.717) is 5.56 Å². The molecule has 1 heterocycles. The molecule has 11 heteroatoms. The van der Waals surface area contributed by atoms with Gasteiger partial charge in [0.1, 0.15) is 17.1 Å². The molecular weight excluding hydrogens is 471 g/mol. The van der Waals surface area contributed by atoms with Crippen molar-refractivity contribution in [2.24, 2.45) is 0 Å². The SMILES string of the molecule is Cc1cccc(Oc2c(C(F)(F)F)oc3cc(OC(=O)c4ccc([N+](=O)[O-])cc4)ccc3c2=O)c1. The minimum absolute atomic E-state index is 0.0239. The molecule has 0 unspecified atom stereocenters. The molecule has 0 fully saturated rings. The lowest BCUT2D eigenvalue weighted by atomic mass is 10.2. The number of nitrogens with zero attached hydrogens (tertiary/aromatic N) is 1. The molecule has 0 amide bonds. The van der Waals surface area contributed by atoms with Crippen LogP contribution < -0.4 is 14.9 Å². The number of rotatable bonds is 5. The molecule has 0 aliphatic rings. The number of halogens is 3. The normalized spacial score (nSPS) is 11.3. The third-order valence-corrected chi connectivity index (χ3v) is 4.81. The van der Waals surface area contributed by atoms with Gasteiger partial charge >= 0.3 is 12.1 Å². The molecule has 3 aromatic carbocycles. The standard InChI is InChI=1S/C24H14F3NO7/c1-13-3-2-4-16(11-13)33-21-20(29)18-10-9-17(12-19(18)35-22(21)24(25,26)27)34-23(30)14-5-7-15(8-6-14)28(31)32/h2-12H,1H3. The van der Waals surface area contributed by atoms with Crippen LogP contribution in [-0.2, 0) is 6.18 Å². The van der Waals surface area contributed by atoms with E-state index in [1.54, 1.807) is 19.1 Å². The van der Waals surface area contributed by atoms with Gasteiger partial charge in [0.05, 0.1) is 15.9 Å². The maximum Gasteiger partial charge on any atom is 0.453 e. The molecular formula is C24H14F3NO7. The summed E-state index contributed by atoms with van der Waals surface area (Å²) in [4.78, 5) is 35.3. The smallest absolute Gasteiger partial charge is 0.449 e. The maximum atomic E-state index is 13.7. The highest BCUT2D eigenvalue weighted by Crippen LogP contribution is 2.38. The summed E-state index contributed by atoms with van der Waals surface area (Å²) in [6.07, 6.45) is -5.06. The lowest BCUT2D eigenvalue weighted by Crippen LogP contribution is -2.15. The zero-order valence-corrected chi connectivity index (χ0v) is 17.8. The topological polar surface area (TPSA) is 109 Å². The van der Waals surface area contributed by atoms with E-state index in [2.05, 4.69) is 0 Å². The molecule has 0 spiro atoms. The molecule has 4 rings (SSSR count). The maximum absolute atomic E-state index is 13.7. The highest BCUT2D eigenvalue weighted by molar-refractivity contribution is 5.92. The number of benzene rings is 3. The summed E-state index contributed by atoms with van der Waals surface area (Å²) in [5, 5.41) is 10.5. The van der Waals surface area contributed by atoms with Crippen molar-refractivity contribution in [1.29, 1.82) is 0 Å². The van der Waals surface area contributed by atoms with Crippen LogP contribution in [0.15, 0.2) is 75.9 Å². The third kappa shape index (κ3) is 4.98. The molecule has 0 aliphatic carbocycles. The predicted octanol–water partition coefficient (Wildman–Crippen LogP) is 6.04. The zero-order chi connectivity index (χ0) is 25.3. The van der Waals surface area contributed by atoms with Crippen molar-refractivity contribution in [1.82, 2.24) is 0 Å². The molecule has 0 radical (unpaired) electrons. The number of ether oxygens (including phenoxy) is 2. The molecule has 0 saturated heterocycles. The number of fused-ring (bicyclic) bond motifs is 1. The van der Waals surface area contributed by atoms with E-state index in [9.17, 15) is 32.9 Å². The number of alkyl halides is 3. The quantitative estimate of drug-likeness (QED) is 0.147. The molecule has 8 nitrogen and oxygen atoms in total. The lowest BCUT2D eigenvalue weighted by molar-refractivity contribution is -0.384. The Morgan fingerprint density at radius 1 is 1.00 bits per heavy atom. The van der Waals surface area contributed by atoms with Crippen molar-refractivity contribution < 1.29 is 36.8 Å². The van der Waals surface area contributed by atoms with Crippen molar-refractivity contribution in [2.75, 3.05) is 0 Å².